The average molecular weight is 316 g/mol. The second-order valence-electron chi connectivity index (χ2n) is 4.34. The van der Waals surface area contributed by atoms with Crippen LogP contribution in [-0.2, 0) is 6.54 Å². The molecule has 0 saturated carbocycles. The molecule has 0 saturated heterocycles. The molecule has 100 valence electrons. The molecule has 1 heterocycles. The molecule has 1 aromatic rings. The van der Waals surface area contributed by atoms with Gasteiger partial charge in [0, 0.05) is 6.54 Å². The highest BCUT2D eigenvalue weighted by atomic mass is 79.9. The van der Waals surface area contributed by atoms with Crippen molar-refractivity contribution in [1.82, 2.24) is 5.32 Å². The molecule has 0 aliphatic carbocycles. The van der Waals surface area contributed by atoms with E-state index in [4.69, 9.17) is 9.47 Å². The Hall–Kier alpha value is -0.780. The molecule has 5 heteroatoms. The Morgan fingerprint density at radius 2 is 2.28 bits per heavy atom. The quantitative estimate of drug-likeness (QED) is 0.792. The highest BCUT2D eigenvalue weighted by Crippen LogP contribution is 2.39. The van der Waals surface area contributed by atoms with Crippen LogP contribution in [-0.4, -0.2) is 24.5 Å². The Bertz CT molecular complexity index is 411. The number of aliphatic hydroxyl groups is 1. The van der Waals surface area contributed by atoms with Crippen molar-refractivity contribution >= 4 is 15.9 Å². The van der Waals surface area contributed by atoms with Gasteiger partial charge in [-0.3, -0.25) is 0 Å². The molecule has 0 radical (unpaired) electrons. The van der Waals surface area contributed by atoms with Crippen LogP contribution in [0.2, 0.25) is 0 Å². The highest BCUT2D eigenvalue weighted by Gasteiger charge is 2.17. The average Bonchev–Trinajstić information content (AvgIpc) is 2.83. The van der Waals surface area contributed by atoms with Crippen molar-refractivity contribution in [3.63, 3.8) is 0 Å². The minimum absolute atomic E-state index is 0.207. The predicted molar refractivity (Wildman–Crippen MR) is 72.9 cm³/mol. The van der Waals surface area contributed by atoms with Crippen molar-refractivity contribution in [3.05, 3.63) is 22.2 Å². The summed E-state index contributed by atoms with van der Waals surface area (Å²) in [6, 6.07) is 4.01. The minimum Gasteiger partial charge on any atom is -0.454 e. The maximum atomic E-state index is 9.44. The van der Waals surface area contributed by atoms with E-state index in [1.165, 1.54) is 0 Å². The maximum Gasteiger partial charge on any atom is 0.231 e. The summed E-state index contributed by atoms with van der Waals surface area (Å²) in [5.74, 6) is 1.56. The van der Waals surface area contributed by atoms with Crippen LogP contribution in [0.1, 0.15) is 25.3 Å². The fourth-order valence-electron chi connectivity index (χ4n) is 1.83. The SMILES string of the molecule is CCC(O)CCNCc1cc(Br)c2c(c1)OCO2. The zero-order chi connectivity index (χ0) is 13.0. The lowest BCUT2D eigenvalue weighted by molar-refractivity contribution is 0.159. The van der Waals surface area contributed by atoms with Gasteiger partial charge in [-0.05, 0) is 53.0 Å². The van der Waals surface area contributed by atoms with Crippen LogP contribution in [0.25, 0.3) is 0 Å². The van der Waals surface area contributed by atoms with Crippen molar-refractivity contribution < 1.29 is 14.6 Å². The van der Waals surface area contributed by atoms with Crippen molar-refractivity contribution in [3.8, 4) is 11.5 Å². The number of fused-ring (bicyclic) bond motifs is 1. The summed E-state index contributed by atoms with van der Waals surface area (Å²) in [7, 11) is 0. The third-order valence-electron chi connectivity index (χ3n) is 2.94. The first-order valence-electron chi connectivity index (χ1n) is 6.17. The van der Waals surface area contributed by atoms with Crippen LogP contribution in [0.15, 0.2) is 16.6 Å². The molecule has 0 bridgehead atoms. The molecular weight excluding hydrogens is 298 g/mol. The summed E-state index contributed by atoms with van der Waals surface area (Å²) >= 11 is 3.47. The van der Waals surface area contributed by atoms with E-state index in [9.17, 15) is 5.11 Å². The lowest BCUT2D eigenvalue weighted by atomic mass is 10.2. The summed E-state index contributed by atoms with van der Waals surface area (Å²) < 4.78 is 11.6. The van der Waals surface area contributed by atoms with Gasteiger partial charge >= 0.3 is 0 Å². The van der Waals surface area contributed by atoms with Crippen LogP contribution >= 0.6 is 15.9 Å². The van der Waals surface area contributed by atoms with E-state index >= 15 is 0 Å². The third kappa shape index (κ3) is 3.37. The number of nitrogens with one attached hydrogen (secondary N) is 1. The van der Waals surface area contributed by atoms with Crippen LogP contribution in [0.3, 0.4) is 0 Å². The number of hydrogen-bond donors (Lipinski definition) is 2. The Morgan fingerprint density at radius 3 is 3.06 bits per heavy atom. The number of ether oxygens (including phenoxy) is 2. The van der Waals surface area contributed by atoms with Gasteiger partial charge in [-0.2, -0.15) is 0 Å². The molecule has 0 spiro atoms. The molecule has 4 nitrogen and oxygen atoms in total. The molecule has 2 N–H and O–H groups in total. The number of rotatable bonds is 6. The molecule has 1 atom stereocenters. The second-order valence-corrected chi connectivity index (χ2v) is 5.19. The minimum atomic E-state index is -0.207. The molecule has 1 aromatic carbocycles. The summed E-state index contributed by atoms with van der Waals surface area (Å²) in [5.41, 5.74) is 1.14. The van der Waals surface area contributed by atoms with Gasteiger partial charge in [0.25, 0.3) is 0 Å². The van der Waals surface area contributed by atoms with Crippen molar-refractivity contribution in [2.24, 2.45) is 0 Å². The molecule has 0 amide bonds. The summed E-state index contributed by atoms with van der Waals surface area (Å²) in [6.45, 7) is 3.83. The van der Waals surface area contributed by atoms with E-state index < -0.39 is 0 Å². The fraction of sp³-hybridized carbons (Fsp3) is 0.538. The van der Waals surface area contributed by atoms with Gasteiger partial charge in [0.05, 0.1) is 10.6 Å². The maximum absolute atomic E-state index is 9.44. The molecule has 0 fully saturated rings. The first-order chi connectivity index (χ1) is 8.70. The molecule has 18 heavy (non-hydrogen) atoms. The van der Waals surface area contributed by atoms with Crippen molar-refractivity contribution in [2.45, 2.75) is 32.4 Å². The topological polar surface area (TPSA) is 50.7 Å². The van der Waals surface area contributed by atoms with Gasteiger partial charge in [-0.15, -0.1) is 0 Å². The summed E-state index contributed by atoms with van der Waals surface area (Å²) in [6.07, 6.45) is 1.38. The van der Waals surface area contributed by atoms with E-state index in [1.807, 2.05) is 19.1 Å². The van der Waals surface area contributed by atoms with E-state index in [-0.39, 0.29) is 12.9 Å². The van der Waals surface area contributed by atoms with Crippen LogP contribution in [0.5, 0.6) is 11.5 Å². The van der Waals surface area contributed by atoms with E-state index in [1.54, 1.807) is 0 Å². The molecule has 0 aromatic heterocycles. The van der Waals surface area contributed by atoms with Gasteiger partial charge in [-0.25, -0.2) is 0 Å². The molecule has 2 rings (SSSR count). The largest absolute Gasteiger partial charge is 0.454 e. The molecule has 1 aliphatic heterocycles. The van der Waals surface area contributed by atoms with Crippen LogP contribution in [0.4, 0.5) is 0 Å². The standard InChI is InChI=1S/C13H18BrNO3/c1-2-10(16)3-4-15-7-9-5-11(14)13-12(6-9)17-8-18-13/h5-6,10,15-16H,2-4,7-8H2,1H3. The van der Waals surface area contributed by atoms with E-state index in [0.29, 0.717) is 0 Å². The zero-order valence-electron chi connectivity index (χ0n) is 10.4. The summed E-state index contributed by atoms with van der Waals surface area (Å²) in [4.78, 5) is 0. The number of aliphatic hydroxyl groups excluding tert-OH is 1. The monoisotopic (exact) mass is 315 g/mol. The lowest BCUT2D eigenvalue weighted by Gasteiger charge is -2.09. The van der Waals surface area contributed by atoms with Gasteiger partial charge in [0.1, 0.15) is 0 Å². The Morgan fingerprint density at radius 1 is 1.44 bits per heavy atom. The second kappa shape index (κ2) is 6.41. The van der Waals surface area contributed by atoms with Crippen molar-refractivity contribution in [1.29, 1.82) is 0 Å². The molecule has 1 unspecified atom stereocenters. The third-order valence-corrected chi connectivity index (χ3v) is 3.53. The first-order valence-corrected chi connectivity index (χ1v) is 6.96. The molecule has 1 aliphatic rings. The van der Waals surface area contributed by atoms with Gasteiger partial charge in [0.2, 0.25) is 6.79 Å². The van der Waals surface area contributed by atoms with E-state index in [0.717, 1.165) is 47.5 Å². The molecular formula is C13H18BrNO3. The number of halogens is 1. The fourth-order valence-corrected chi connectivity index (χ4v) is 2.43. The lowest BCUT2D eigenvalue weighted by Crippen LogP contribution is -2.19. The van der Waals surface area contributed by atoms with Crippen LogP contribution in [0, 0.1) is 0 Å². The number of hydrogen-bond acceptors (Lipinski definition) is 4. The smallest absolute Gasteiger partial charge is 0.231 e. The van der Waals surface area contributed by atoms with Gasteiger partial charge in [-0.1, -0.05) is 6.92 Å². The highest BCUT2D eigenvalue weighted by molar-refractivity contribution is 9.10. The normalized spacial score (nSPS) is 14.8. The van der Waals surface area contributed by atoms with Crippen molar-refractivity contribution in [2.75, 3.05) is 13.3 Å². The predicted octanol–water partition coefficient (Wildman–Crippen LogP) is 2.43. The zero-order valence-corrected chi connectivity index (χ0v) is 12.0. The Labute approximate surface area is 115 Å². The number of benzene rings is 1. The van der Waals surface area contributed by atoms with Gasteiger partial charge in [0.15, 0.2) is 11.5 Å². The summed E-state index contributed by atoms with van der Waals surface area (Å²) in [5, 5.41) is 12.8. The van der Waals surface area contributed by atoms with Gasteiger partial charge < -0.3 is 19.9 Å². The Balaban J connectivity index is 1.85. The van der Waals surface area contributed by atoms with Crippen LogP contribution < -0.4 is 14.8 Å². The van der Waals surface area contributed by atoms with E-state index in [2.05, 4.69) is 21.2 Å². The first kappa shape index (κ1) is 13.6. The Kier molecular flexibility index (Phi) is 4.86.